The molecule has 1 aromatic heterocycles. The van der Waals surface area contributed by atoms with Crippen molar-refractivity contribution in [2.45, 2.75) is 19.0 Å². The van der Waals surface area contributed by atoms with Gasteiger partial charge in [0, 0.05) is 27.8 Å². The van der Waals surface area contributed by atoms with Gasteiger partial charge in [-0.25, -0.2) is 8.42 Å². The summed E-state index contributed by atoms with van der Waals surface area (Å²) in [6.45, 7) is 0.676. The van der Waals surface area contributed by atoms with Gasteiger partial charge in [0.25, 0.3) is 0 Å². The molecule has 1 aliphatic heterocycles. The molecule has 114 valence electrons. The number of hydrogen-bond donors (Lipinski definition) is 2. The highest BCUT2D eigenvalue weighted by Crippen LogP contribution is 2.19. The highest BCUT2D eigenvalue weighted by Gasteiger charge is 2.28. The maximum Gasteiger partial charge on any atom is 0.191 e. The normalized spacial score (nSPS) is 21.3. The molecule has 1 saturated heterocycles. The smallest absolute Gasteiger partial charge is 0.191 e. The average molecular weight is 494 g/mol. The van der Waals surface area contributed by atoms with Gasteiger partial charge in [-0.2, -0.15) is 0 Å². The first-order chi connectivity index (χ1) is 8.98. The summed E-state index contributed by atoms with van der Waals surface area (Å²) in [5.41, 5.74) is 0. The third-order valence-corrected chi connectivity index (χ3v) is 6.31. The molecule has 9 heteroatoms. The fourth-order valence-electron chi connectivity index (χ4n) is 1.91. The molecule has 1 aromatic rings. The van der Waals surface area contributed by atoms with Crippen LogP contribution in [0, 0.1) is 0 Å². The number of nitrogens with one attached hydrogen (secondary N) is 2. The fraction of sp³-hybridized carbons (Fsp3) is 0.545. The van der Waals surface area contributed by atoms with Crippen LogP contribution >= 0.6 is 51.2 Å². The van der Waals surface area contributed by atoms with Gasteiger partial charge in [-0.15, -0.1) is 35.3 Å². The zero-order valence-corrected chi connectivity index (χ0v) is 16.5. The monoisotopic (exact) mass is 493 g/mol. The van der Waals surface area contributed by atoms with E-state index in [0.29, 0.717) is 18.9 Å². The zero-order chi connectivity index (χ0) is 13.9. The van der Waals surface area contributed by atoms with Crippen LogP contribution in [0.4, 0.5) is 0 Å². The summed E-state index contributed by atoms with van der Waals surface area (Å²) < 4.78 is 23.8. The van der Waals surface area contributed by atoms with Crippen LogP contribution in [0.15, 0.2) is 20.9 Å². The van der Waals surface area contributed by atoms with Crippen molar-refractivity contribution in [2.75, 3.05) is 18.6 Å². The Balaban J connectivity index is 0.00000200. The van der Waals surface area contributed by atoms with E-state index in [4.69, 9.17) is 0 Å². The molecule has 2 N–H and O–H groups in total. The molecule has 1 fully saturated rings. The largest absolute Gasteiger partial charge is 0.353 e. The Morgan fingerprint density at radius 2 is 2.35 bits per heavy atom. The van der Waals surface area contributed by atoms with Crippen LogP contribution in [-0.2, 0) is 16.4 Å². The number of halogens is 2. The minimum Gasteiger partial charge on any atom is -0.353 e. The van der Waals surface area contributed by atoms with Crippen molar-refractivity contribution in [3.63, 3.8) is 0 Å². The molecule has 5 nitrogen and oxygen atoms in total. The topological polar surface area (TPSA) is 70.6 Å². The first-order valence-electron chi connectivity index (χ1n) is 5.89. The molecular formula is C11H17BrIN3O2S2. The van der Waals surface area contributed by atoms with Crippen molar-refractivity contribution in [3.05, 3.63) is 20.8 Å². The minimum absolute atomic E-state index is 0. The number of sulfone groups is 1. The van der Waals surface area contributed by atoms with Gasteiger partial charge in [0.1, 0.15) is 0 Å². The Kier molecular flexibility index (Phi) is 7.22. The molecule has 0 aliphatic carbocycles. The van der Waals surface area contributed by atoms with Gasteiger partial charge >= 0.3 is 0 Å². The average Bonchev–Trinajstić information content (AvgIpc) is 2.90. The molecule has 20 heavy (non-hydrogen) atoms. The summed E-state index contributed by atoms with van der Waals surface area (Å²) >= 11 is 5.07. The SMILES string of the molecule is CN=C(NCc1cc(Br)cs1)NC1CCS(=O)(=O)C1.I. The van der Waals surface area contributed by atoms with E-state index in [1.165, 1.54) is 4.88 Å². The summed E-state index contributed by atoms with van der Waals surface area (Å²) in [6.07, 6.45) is 0.646. The lowest BCUT2D eigenvalue weighted by Crippen LogP contribution is -2.43. The Hall–Kier alpha value is 0.130. The molecule has 0 amide bonds. The lowest BCUT2D eigenvalue weighted by molar-refractivity contribution is 0.599. The summed E-state index contributed by atoms with van der Waals surface area (Å²) in [5, 5.41) is 8.36. The van der Waals surface area contributed by atoms with Gasteiger partial charge in [-0.05, 0) is 28.4 Å². The van der Waals surface area contributed by atoms with Crippen molar-refractivity contribution >= 4 is 67.0 Å². The Morgan fingerprint density at radius 3 is 2.85 bits per heavy atom. The summed E-state index contributed by atoms with van der Waals surface area (Å²) in [5.74, 6) is 1.10. The van der Waals surface area contributed by atoms with E-state index < -0.39 is 9.84 Å². The van der Waals surface area contributed by atoms with Crippen LogP contribution in [0.3, 0.4) is 0 Å². The van der Waals surface area contributed by atoms with E-state index in [9.17, 15) is 8.42 Å². The minimum atomic E-state index is -2.86. The summed E-state index contributed by atoms with van der Waals surface area (Å²) in [6, 6.07) is 2.01. The van der Waals surface area contributed by atoms with E-state index in [0.717, 1.165) is 4.47 Å². The van der Waals surface area contributed by atoms with Crippen LogP contribution in [-0.4, -0.2) is 39.0 Å². The molecular weight excluding hydrogens is 477 g/mol. The van der Waals surface area contributed by atoms with Gasteiger partial charge < -0.3 is 10.6 Å². The maximum absolute atomic E-state index is 11.4. The Bertz CT molecular complexity index is 574. The molecule has 1 unspecified atom stereocenters. The van der Waals surface area contributed by atoms with Gasteiger partial charge in [0.05, 0.1) is 18.1 Å². The Labute approximate surface area is 148 Å². The quantitative estimate of drug-likeness (QED) is 0.383. The van der Waals surface area contributed by atoms with Crippen LogP contribution in [0.2, 0.25) is 0 Å². The molecule has 0 spiro atoms. The van der Waals surface area contributed by atoms with Crippen molar-refractivity contribution in [3.8, 4) is 0 Å². The molecule has 0 aromatic carbocycles. The third kappa shape index (κ3) is 5.49. The number of guanidine groups is 1. The van der Waals surface area contributed by atoms with E-state index >= 15 is 0 Å². The maximum atomic E-state index is 11.4. The van der Waals surface area contributed by atoms with E-state index in [2.05, 4.69) is 31.6 Å². The van der Waals surface area contributed by atoms with Gasteiger partial charge in [0.2, 0.25) is 0 Å². The van der Waals surface area contributed by atoms with Gasteiger partial charge in [-0.1, -0.05) is 0 Å². The number of nitrogens with zero attached hydrogens (tertiary/aromatic N) is 1. The lowest BCUT2D eigenvalue weighted by Gasteiger charge is -2.15. The molecule has 0 radical (unpaired) electrons. The van der Waals surface area contributed by atoms with Crippen LogP contribution in [0.5, 0.6) is 0 Å². The van der Waals surface area contributed by atoms with Crippen LogP contribution in [0.1, 0.15) is 11.3 Å². The predicted octanol–water partition coefficient (Wildman–Crippen LogP) is 1.98. The third-order valence-electron chi connectivity index (χ3n) is 2.85. The van der Waals surface area contributed by atoms with Gasteiger partial charge in [-0.3, -0.25) is 4.99 Å². The molecule has 1 aliphatic rings. The lowest BCUT2D eigenvalue weighted by atomic mass is 10.3. The number of rotatable bonds is 3. The first kappa shape index (κ1) is 18.2. The van der Waals surface area contributed by atoms with E-state index in [-0.39, 0.29) is 41.5 Å². The molecule has 2 heterocycles. The second kappa shape index (κ2) is 7.95. The number of thiophene rings is 1. The molecule has 0 saturated carbocycles. The highest BCUT2D eigenvalue weighted by molar-refractivity contribution is 14.0. The fourth-order valence-corrected chi connectivity index (χ4v) is 4.98. The standard InChI is InChI=1S/C11H16BrN3O2S2.HI/c1-13-11(14-5-10-4-8(12)6-18-10)15-9-2-3-19(16,17)7-9;/h4,6,9H,2-3,5,7H2,1H3,(H2,13,14,15);1H. The number of hydrogen-bond acceptors (Lipinski definition) is 4. The summed E-state index contributed by atoms with van der Waals surface area (Å²) in [4.78, 5) is 5.30. The number of aliphatic imine (C=N–C) groups is 1. The second-order valence-corrected chi connectivity index (χ2v) is 8.54. The van der Waals surface area contributed by atoms with Crippen molar-refractivity contribution < 1.29 is 8.42 Å². The van der Waals surface area contributed by atoms with Crippen molar-refractivity contribution in [1.29, 1.82) is 0 Å². The van der Waals surface area contributed by atoms with Gasteiger partial charge in [0.15, 0.2) is 15.8 Å². The molecule has 0 bridgehead atoms. The van der Waals surface area contributed by atoms with E-state index in [1.54, 1.807) is 18.4 Å². The summed E-state index contributed by atoms with van der Waals surface area (Å²) in [7, 11) is -1.18. The van der Waals surface area contributed by atoms with Crippen molar-refractivity contribution in [1.82, 2.24) is 10.6 Å². The zero-order valence-electron chi connectivity index (χ0n) is 10.9. The molecule has 2 rings (SSSR count). The van der Waals surface area contributed by atoms with Crippen molar-refractivity contribution in [2.24, 2.45) is 4.99 Å². The van der Waals surface area contributed by atoms with Crippen LogP contribution < -0.4 is 10.6 Å². The molecule has 1 atom stereocenters. The highest BCUT2D eigenvalue weighted by atomic mass is 127. The Morgan fingerprint density at radius 1 is 1.60 bits per heavy atom. The predicted molar refractivity (Wildman–Crippen MR) is 97.8 cm³/mol. The van der Waals surface area contributed by atoms with E-state index in [1.807, 2.05) is 11.4 Å². The first-order valence-corrected chi connectivity index (χ1v) is 9.38. The second-order valence-electron chi connectivity index (χ2n) is 4.40. The van der Waals surface area contributed by atoms with Crippen LogP contribution in [0.25, 0.3) is 0 Å².